The molecule has 98 valence electrons. The van der Waals surface area contributed by atoms with Gasteiger partial charge in [0.2, 0.25) is 10.1 Å². The molecule has 0 saturated heterocycles. The van der Waals surface area contributed by atoms with Crippen molar-refractivity contribution in [3.63, 3.8) is 0 Å². The van der Waals surface area contributed by atoms with Gasteiger partial charge in [0, 0.05) is 0 Å². The fourth-order valence-electron chi connectivity index (χ4n) is 1.64. The van der Waals surface area contributed by atoms with Crippen molar-refractivity contribution in [1.29, 1.82) is 0 Å². The van der Waals surface area contributed by atoms with Crippen molar-refractivity contribution in [2.45, 2.75) is 6.61 Å². The number of hydrogen-bond donors (Lipinski definition) is 1. The van der Waals surface area contributed by atoms with Gasteiger partial charge in [0.1, 0.15) is 0 Å². The minimum absolute atomic E-state index is 0.241. The molecule has 0 aliphatic carbocycles. The molecule has 1 aromatic carbocycles. The highest BCUT2D eigenvalue weighted by Gasteiger charge is 2.11. The number of anilines is 1. The molecule has 0 amide bonds. The monoisotopic (exact) mass is 277 g/mol. The normalized spacial score (nSPS) is 10.8. The maximum absolute atomic E-state index is 5.67. The maximum atomic E-state index is 5.67. The second-order valence-electron chi connectivity index (χ2n) is 3.69. The van der Waals surface area contributed by atoms with Gasteiger partial charge in [-0.25, -0.2) is 0 Å². The number of nitrogens with two attached hydrogens (primary N) is 1. The Balaban J connectivity index is 1.82. The van der Waals surface area contributed by atoms with Crippen LogP contribution in [0.1, 0.15) is 5.82 Å². The molecule has 3 rings (SSSR count). The Hall–Kier alpha value is -2.35. The van der Waals surface area contributed by atoms with E-state index >= 15 is 0 Å². The van der Waals surface area contributed by atoms with E-state index < -0.39 is 0 Å². The molecule has 0 spiro atoms. The predicted octanol–water partition coefficient (Wildman–Crippen LogP) is 1.36. The average molecular weight is 277 g/mol. The number of fused-ring (bicyclic) bond motifs is 1. The number of methoxy groups -OCH3 is 1. The van der Waals surface area contributed by atoms with Crippen LogP contribution in [0.2, 0.25) is 0 Å². The molecule has 8 heteroatoms. The van der Waals surface area contributed by atoms with Crippen LogP contribution in [0.5, 0.6) is 11.5 Å². The molecular weight excluding hydrogens is 266 g/mol. The van der Waals surface area contributed by atoms with E-state index in [1.165, 1.54) is 11.3 Å². The highest BCUT2D eigenvalue weighted by atomic mass is 32.1. The van der Waals surface area contributed by atoms with Crippen LogP contribution in [-0.4, -0.2) is 26.9 Å². The lowest BCUT2D eigenvalue weighted by molar-refractivity contribution is 0.274. The number of aromatic nitrogens is 4. The number of ether oxygens (including phenoxy) is 2. The number of para-hydroxylation sites is 2. The third-order valence-electron chi connectivity index (χ3n) is 2.50. The summed E-state index contributed by atoms with van der Waals surface area (Å²) in [7, 11) is 1.60. The lowest BCUT2D eigenvalue weighted by Crippen LogP contribution is -2.03. The zero-order chi connectivity index (χ0) is 13.2. The van der Waals surface area contributed by atoms with Gasteiger partial charge in [-0.2, -0.15) is 4.52 Å². The van der Waals surface area contributed by atoms with Crippen molar-refractivity contribution in [2.24, 2.45) is 0 Å². The second kappa shape index (κ2) is 4.73. The van der Waals surface area contributed by atoms with E-state index in [2.05, 4.69) is 15.3 Å². The van der Waals surface area contributed by atoms with Crippen LogP contribution in [0.15, 0.2) is 24.3 Å². The van der Waals surface area contributed by atoms with Gasteiger partial charge >= 0.3 is 0 Å². The molecule has 0 atom stereocenters. The first-order valence-corrected chi connectivity index (χ1v) is 6.32. The van der Waals surface area contributed by atoms with E-state index in [9.17, 15) is 0 Å². The molecule has 19 heavy (non-hydrogen) atoms. The Morgan fingerprint density at radius 1 is 1.26 bits per heavy atom. The van der Waals surface area contributed by atoms with Crippen LogP contribution in [0.4, 0.5) is 5.13 Å². The SMILES string of the molecule is COc1ccccc1OCc1nnc2sc(N)nn12. The summed E-state index contributed by atoms with van der Waals surface area (Å²) in [4.78, 5) is 0.649. The van der Waals surface area contributed by atoms with Crippen LogP contribution in [-0.2, 0) is 6.61 Å². The Bertz CT molecular complexity index is 708. The van der Waals surface area contributed by atoms with Crippen molar-refractivity contribution in [1.82, 2.24) is 19.8 Å². The molecule has 2 aromatic heterocycles. The number of nitrogen functional groups attached to an aromatic ring is 1. The third-order valence-corrected chi connectivity index (χ3v) is 3.22. The Labute approximate surface area is 112 Å². The van der Waals surface area contributed by atoms with E-state index in [-0.39, 0.29) is 6.61 Å². The highest BCUT2D eigenvalue weighted by molar-refractivity contribution is 7.20. The van der Waals surface area contributed by atoms with E-state index in [0.29, 0.717) is 27.4 Å². The fraction of sp³-hybridized carbons (Fsp3) is 0.182. The Morgan fingerprint density at radius 3 is 2.84 bits per heavy atom. The molecule has 2 N–H and O–H groups in total. The standard InChI is InChI=1S/C11H11N5O2S/c1-17-7-4-2-3-5-8(7)18-6-9-13-14-11-16(9)15-10(12)19-11/h2-5H,6H2,1H3,(H2,12,15). The van der Waals surface area contributed by atoms with Gasteiger partial charge in [-0.3, -0.25) is 0 Å². The molecule has 3 aromatic rings. The van der Waals surface area contributed by atoms with Gasteiger partial charge in [-0.05, 0) is 12.1 Å². The van der Waals surface area contributed by atoms with Crippen LogP contribution < -0.4 is 15.2 Å². The number of nitrogens with zero attached hydrogens (tertiary/aromatic N) is 4. The molecule has 0 bridgehead atoms. The first-order chi connectivity index (χ1) is 9.28. The summed E-state index contributed by atoms with van der Waals surface area (Å²) in [5, 5.41) is 12.5. The predicted molar refractivity (Wildman–Crippen MR) is 70.4 cm³/mol. The van der Waals surface area contributed by atoms with E-state index in [1.807, 2.05) is 24.3 Å². The van der Waals surface area contributed by atoms with Gasteiger partial charge in [0.25, 0.3) is 0 Å². The van der Waals surface area contributed by atoms with Gasteiger partial charge in [-0.1, -0.05) is 23.5 Å². The van der Waals surface area contributed by atoms with Crippen molar-refractivity contribution < 1.29 is 9.47 Å². The minimum Gasteiger partial charge on any atom is -0.493 e. The molecular formula is C11H11N5O2S. The lowest BCUT2D eigenvalue weighted by Gasteiger charge is -2.08. The van der Waals surface area contributed by atoms with Gasteiger partial charge in [0.05, 0.1) is 7.11 Å². The Kier molecular flexibility index (Phi) is 2.92. The molecule has 7 nitrogen and oxygen atoms in total. The smallest absolute Gasteiger partial charge is 0.236 e. The van der Waals surface area contributed by atoms with Crippen LogP contribution in [0.3, 0.4) is 0 Å². The van der Waals surface area contributed by atoms with Crippen molar-refractivity contribution in [3.05, 3.63) is 30.1 Å². The summed E-state index contributed by atoms with van der Waals surface area (Å²) in [6.07, 6.45) is 0. The fourth-order valence-corrected chi connectivity index (χ4v) is 2.27. The summed E-state index contributed by atoms with van der Waals surface area (Å²) in [5.74, 6) is 1.90. The first kappa shape index (κ1) is 11.7. The molecule has 0 aliphatic heterocycles. The first-order valence-electron chi connectivity index (χ1n) is 5.50. The van der Waals surface area contributed by atoms with Crippen molar-refractivity contribution >= 4 is 21.4 Å². The van der Waals surface area contributed by atoms with E-state index in [1.54, 1.807) is 11.6 Å². The topological polar surface area (TPSA) is 87.6 Å². The maximum Gasteiger partial charge on any atom is 0.236 e. The minimum atomic E-state index is 0.241. The second-order valence-corrected chi connectivity index (χ2v) is 4.68. The van der Waals surface area contributed by atoms with Gasteiger partial charge in [-0.15, -0.1) is 15.3 Å². The number of benzene rings is 1. The van der Waals surface area contributed by atoms with Crippen LogP contribution >= 0.6 is 11.3 Å². The quantitative estimate of drug-likeness (QED) is 0.774. The van der Waals surface area contributed by atoms with Crippen LogP contribution in [0, 0.1) is 0 Å². The van der Waals surface area contributed by atoms with E-state index in [4.69, 9.17) is 15.2 Å². The molecule has 0 unspecified atom stereocenters. The molecule has 0 saturated carbocycles. The molecule has 2 heterocycles. The summed E-state index contributed by atoms with van der Waals surface area (Å²) in [5.41, 5.74) is 5.61. The van der Waals surface area contributed by atoms with Crippen molar-refractivity contribution in [2.75, 3.05) is 12.8 Å². The lowest BCUT2D eigenvalue weighted by atomic mass is 10.3. The average Bonchev–Trinajstić information content (AvgIpc) is 2.96. The number of hydrogen-bond acceptors (Lipinski definition) is 7. The Morgan fingerprint density at radius 2 is 2.05 bits per heavy atom. The molecule has 0 radical (unpaired) electrons. The van der Waals surface area contributed by atoms with Crippen molar-refractivity contribution in [3.8, 4) is 11.5 Å². The molecule has 0 fully saturated rings. The summed E-state index contributed by atoms with van der Waals surface area (Å²) in [6.45, 7) is 0.241. The van der Waals surface area contributed by atoms with Gasteiger partial charge in [0.15, 0.2) is 23.9 Å². The summed E-state index contributed by atoms with van der Waals surface area (Å²) >= 11 is 1.28. The molecule has 0 aliphatic rings. The van der Waals surface area contributed by atoms with Gasteiger partial charge < -0.3 is 15.2 Å². The summed E-state index contributed by atoms with van der Waals surface area (Å²) in [6, 6.07) is 7.40. The summed E-state index contributed by atoms with van der Waals surface area (Å²) < 4.78 is 12.4. The number of rotatable bonds is 4. The highest BCUT2D eigenvalue weighted by Crippen LogP contribution is 2.26. The third kappa shape index (κ3) is 2.17. The van der Waals surface area contributed by atoms with E-state index in [0.717, 1.165) is 0 Å². The zero-order valence-electron chi connectivity index (χ0n) is 10.1. The largest absolute Gasteiger partial charge is 0.493 e. The van der Waals surface area contributed by atoms with Crippen LogP contribution in [0.25, 0.3) is 4.96 Å². The zero-order valence-corrected chi connectivity index (χ0v) is 10.9.